The minimum atomic E-state index is -0.181. The maximum Gasteiger partial charge on any atom is 0.244 e. The van der Waals surface area contributed by atoms with Crippen molar-refractivity contribution >= 4 is 17.6 Å². The molecule has 5 rings (SSSR count). The van der Waals surface area contributed by atoms with Crippen molar-refractivity contribution in [3.8, 4) is 22.8 Å². The topological polar surface area (TPSA) is 64.9 Å². The summed E-state index contributed by atoms with van der Waals surface area (Å²) in [7, 11) is 0. The lowest BCUT2D eigenvalue weighted by Gasteiger charge is -2.05. The van der Waals surface area contributed by atoms with Crippen LogP contribution in [-0.4, -0.2) is 22.1 Å². The molecule has 1 aliphatic heterocycles. The van der Waals surface area contributed by atoms with Crippen molar-refractivity contribution in [2.45, 2.75) is 20.4 Å². The van der Waals surface area contributed by atoms with Crippen LogP contribution in [0.4, 0.5) is 0 Å². The number of hydrogen-bond donors (Lipinski definition) is 1. The monoisotopic (exact) mass is 425 g/mol. The predicted molar refractivity (Wildman–Crippen MR) is 124 cm³/mol. The molecule has 0 bridgehead atoms. The van der Waals surface area contributed by atoms with Crippen LogP contribution in [-0.2, 0) is 11.3 Å². The Bertz CT molecular complexity index is 1340. The van der Waals surface area contributed by atoms with Crippen molar-refractivity contribution in [1.82, 2.24) is 14.7 Å². The van der Waals surface area contributed by atoms with Crippen LogP contribution in [0.1, 0.15) is 22.4 Å². The number of fused-ring (bicyclic) bond motifs is 2. The molecule has 0 spiro atoms. The molecule has 0 fully saturated rings. The third-order valence-electron chi connectivity index (χ3n) is 5.44. The molecule has 6 nitrogen and oxygen atoms in total. The summed E-state index contributed by atoms with van der Waals surface area (Å²) in [6, 6.07) is 18.0. The summed E-state index contributed by atoms with van der Waals surface area (Å²) in [5.74, 6) is 1.25. The number of hydrogen-bond acceptors (Lipinski definition) is 4. The molecule has 0 unspecified atom stereocenters. The Hall–Kier alpha value is -4.06. The van der Waals surface area contributed by atoms with Crippen LogP contribution in [0.25, 0.3) is 23.0 Å². The van der Waals surface area contributed by atoms with E-state index in [1.54, 1.807) is 6.08 Å². The van der Waals surface area contributed by atoms with Gasteiger partial charge in [0.25, 0.3) is 0 Å². The first-order valence-electron chi connectivity index (χ1n) is 10.5. The van der Waals surface area contributed by atoms with Gasteiger partial charge in [0, 0.05) is 24.4 Å². The van der Waals surface area contributed by atoms with Crippen LogP contribution in [0.3, 0.4) is 0 Å². The molecule has 1 N–H and O–H groups in total. The minimum absolute atomic E-state index is 0.181. The normalized spacial score (nSPS) is 12.6. The number of amides is 1. The summed E-state index contributed by atoms with van der Waals surface area (Å²) in [6.45, 7) is 4.73. The molecule has 0 aliphatic carbocycles. The van der Waals surface area contributed by atoms with Gasteiger partial charge in [-0.1, -0.05) is 35.9 Å². The summed E-state index contributed by atoms with van der Waals surface area (Å²) in [5, 5.41) is 2.92. The fourth-order valence-electron chi connectivity index (χ4n) is 3.70. The smallest absolute Gasteiger partial charge is 0.244 e. The van der Waals surface area contributed by atoms with E-state index in [0.29, 0.717) is 12.3 Å². The van der Waals surface area contributed by atoms with Gasteiger partial charge in [0.2, 0.25) is 12.7 Å². The second-order valence-electron chi connectivity index (χ2n) is 7.88. The van der Waals surface area contributed by atoms with E-state index in [4.69, 9.17) is 14.5 Å². The highest BCUT2D eigenvalue weighted by molar-refractivity contribution is 5.92. The number of benzene rings is 2. The number of nitrogens with zero attached hydrogens (tertiary/aromatic N) is 2. The maximum atomic E-state index is 12.5. The number of carbonyl (C=O) groups is 1. The van der Waals surface area contributed by atoms with Gasteiger partial charge in [0.05, 0.1) is 11.4 Å². The van der Waals surface area contributed by atoms with Crippen LogP contribution < -0.4 is 14.8 Å². The number of rotatable bonds is 5. The molecule has 1 aliphatic rings. The first-order chi connectivity index (χ1) is 15.6. The zero-order valence-electron chi connectivity index (χ0n) is 18.0. The van der Waals surface area contributed by atoms with E-state index < -0.39 is 0 Å². The molecule has 0 saturated carbocycles. The van der Waals surface area contributed by atoms with Gasteiger partial charge in [-0.25, -0.2) is 4.98 Å². The second-order valence-corrected chi connectivity index (χ2v) is 7.88. The van der Waals surface area contributed by atoms with Crippen molar-refractivity contribution in [2.24, 2.45) is 0 Å². The zero-order chi connectivity index (χ0) is 22.1. The molecule has 1 amide bonds. The van der Waals surface area contributed by atoms with Crippen LogP contribution in [0.5, 0.6) is 11.5 Å². The quantitative estimate of drug-likeness (QED) is 0.472. The molecule has 0 atom stereocenters. The van der Waals surface area contributed by atoms with Crippen molar-refractivity contribution in [3.05, 3.63) is 89.3 Å². The van der Waals surface area contributed by atoms with Crippen LogP contribution in [0, 0.1) is 13.8 Å². The lowest BCUT2D eigenvalue weighted by molar-refractivity contribution is -0.116. The molecule has 0 radical (unpaired) electrons. The average Bonchev–Trinajstić information content (AvgIpc) is 3.40. The van der Waals surface area contributed by atoms with Gasteiger partial charge in [-0.05, 0) is 55.3 Å². The van der Waals surface area contributed by atoms with Gasteiger partial charge in [0.1, 0.15) is 5.65 Å². The van der Waals surface area contributed by atoms with Crippen LogP contribution >= 0.6 is 0 Å². The lowest BCUT2D eigenvalue weighted by Crippen LogP contribution is -2.20. The predicted octanol–water partition coefficient (Wildman–Crippen LogP) is 4.68. The van der Waals surface area contributed by atoms with Crippen LogP contribution in [0.15, 0.2) is 66.9 Å². The maximum absolute atomic E-state index is 12.5. The second kappa shape index (κ2) is 8.23. The number of aromatic nitrogens is 2. The fraction of sp³-hybridized carbons (Fsp3) is 0.154. The number of carbonyl (C=O) groups excluding carboxylic acids is 1. The van der Waals surface area contributed by atoms with E-state index in [-0.39, 0.29) is 12.7 Å². The molecule has 0 saturated heterocycles. The Kier molecular flexibility index (Phi) is 5.11. The lowest BCUT2D eigenvalue weighted by atomic mass is 10.1. The first-order valence-corrected chi connectivity index (χ1v) is 10.5. The van der Waals surface area contributed by atoms with Gasteiger partial charge in [0.15, 0.2) is 11.5 Å². The number of ether oxygens (including phenoxy) is 2. The van der Waals surface area contributed by atoms with Gasteiger partial charge < -0.3 is 14.8 Å². The van der Waals surface area contributed by atoms with E-state index in [2.05, 4.69) is 36.5 Å². The van der Waals surface area contributed by atoms with Gasteiger partial charge >= 0.3 is 0 Å². The Labute approximate surface area is 186 Å². The van der Waals surface area contributed by atoms with Gasteiger partial charge in [-0.15, -0.1) is 0 Å². The highest BCUT2D eigenvalue weighted by Crippen LogP contribution is 2.32. The largest absolute Gasteiger partial charge is 0.454 e. The SMILES string of the molecule is Cc1ccc(-c2nc3cc(C)ccn3c2/C=C/C(=O)NCc2ccc3c(c2)OCO3)cc1. The molecule has 4 aromatic rings. The molecule has 2 aromatic carbocycles. The summed E-state index contributed by atoms with van der Waals surface area (Å²) in [4.78, 5) is 17.4. The van der Waals surface area contributed by atoms with E-state index in [1.165, 1.54) is 5.56 Å². The number of pyridine rings is 1. The third-order valence-corrected chi connectivity index (χ3v) is 5.44. The van der Waals surface area contributed by atoms with E-state index in [9.17, 15) is 4.79 Å². The number of nitrogens with one attached hydrogen (secondary N) is 1. The van der Waals surface area contributed by atoms with Crippen molar-refractivity contribution < 1.29 is 14.3 Å². The Balaban J connectivity index is 1.39. The number of aryl methyl sites for hydroxylation is 2. The third kappa shape index (κ3) is 3.95. The van der Waals surface area contributed by atoms with Gasteiger partial charge in [-0.3, -0.25) is 9.20 Å². The fourth-order valence-corrected chi connectivity index (χ4v) is 3.70. The van der Waals surface area contributed by atoms with Crippen molar-refractivity contribution in [2.75, 3.05) is 6.79 Å². The van der Waals surface area contributed by atoms with Gasteiger partial charge in [-0.2, -0.15) is 0 Å². The Morgan fingerprint density at radius 1 is 1.03 bits per heavy atom. The first kappa shape index (κ1) is 19.9. The van der Waals surface area contributed by atoms with E-state index >= 15 is 0 Å². The summed E-state index contributed by atoms with van der Waals surface area (Å²) in [6.07, 6.45) is 5.35. The Morgan fingerprint density at radius 2 is 1.84 bits per heavy atom. The van der Waals surface area contributed by atoms with E-state index in [0.717, 1.165) is 39.5 Å². The highest BCUT2D eigenvalue weighted by Gasteiger charge is 2.14. The average molecular weight is 425 g/mol. The summed E-state index contributed by atoms with van der Waals surface area (Å²) in [5.41, 5.74) is 6.83. The Morgan fingerprint density at radius 3 is 2.69 bits per heavy atom. The summed E-state index contributed by atoms with van der Waals surface area (Å²) < 4.78 is 12.7. The molecule has 160 valence electrons. The highest BCUT2D eigenvalue weighted by atomic mass is 16.7. The molecular formula is C26H23N3O3. The molecule has 32 heavy (non-hydrogen) atoms. The molecule has 2 aromatic heterocycles. The van der Waals surface area contributed by atoms with Crippen molar-refractivity contribution in [1.29, 1.82) is 0 Å². The molecule has 3 heterocycles. The standard InChI is InChI=1S/C26H23N3O3/c1-17-3-6-20(7-4-17)26-21(29-12-11-18(2)13-24(29)28-26)8-10-25(30)27-15-19-5-9-22-23(14-19)32-16-31-22/h3-14H,15-16H2,1-2H3,(H,27,30)/b10-8+. The van der Waals surface area contributed by atoms with Crippen LogP contribution in [0.2, 0.25) is 0 Å². The minimum Gasteiger partial charge on any atom is -0.454 e. The van der Waals surface area contributed by atoms with Crippen molar-refractivity contribution in [3.63, 3.8) is 0 Å². The molecular weight excluding hydrogens is 402 g/mol. The number of imidazole rings is 1. The van der Waals surface area contributed by atoms with E-state index in [1.807, 2.05) is 53.9 Å². The zero-order valence-corrected chi connectivity index (χ0v) is 18.0. The molecule has 6 heteroatoms. The summed E-state index contributed by atoms with van der Waals surface area (Å²) >= 11 is 0.